The normalized spacial score (nSPS) is 41.7. The number of ketones is 1. The van der Waals surface area contributed by atoms with Crippen LogP contribution in [0.15, 0.2) is 41.5 Å². The molecule has 2 heterocycles. The average molecular weight is 469 g/mol. The molecule has 2 aliphatic heterocycles. The van der Waals surface area contributed by atoms with E-state index in [1.54, 1.807) is 12.1 Å². The number of rotatable bonds is 6. The van der Waals surface area contributed by atoms with Crippen LogP contribution in [-0.4, -0.2) is 53.5 Å². The molecule has 1 saturated carbocycles. The molecule has 8 unspecified atom stereocenters. The number of fused-ring (bicyclic) bond motifs is 1. The Balaban J connectivity index is 1.56. The monoisotopic (exact) mass is 468 g/mol. The third-order valence-electron chi connectivity index (χ3n) is 9.60. The number of hydrogen-bond donors (Lipinski definition) is 1. The number of aliphatic hydroxyl groups is 1. The number of ether oxygens (including phenoxy) is 3. The van der Waals surface area contributed by atoms with Crippen molar-refractivity contribution in [3.63, 3.8) is 0 Å². The molecule has 1 spiro atoms. The summed E-state index contributed by atoms with van der Waals surface area (Å²) in [4.78, 5) is 25.1. The molecule has 6 nitrogen and oxygen atoms in total. The quantitative estimate of drug-likeness (QED) is 0.293. The number of hydrogen-bond acceptors (Lipinski definition) is 6. The fraction of sp³-hybridized carbons (Fsp3) is 0.643. The van der Waals surface area contributed by atoms with E-state index in [0.29, 0.717) is 24.6 Å². The number of allylic oxidation sites excluding steroid dienone is 1. The van der Waals surface area contributed by atoms with Gasteiger partial charge in [0, 0.05) is 16.9 Å². The van der Waals surface area contributed by atoms with E-state index in [1.807, 2.05) is 32.0 Å². The van der Waals surface area contributed by atoms with E-state index < -0.39 is 23.4 Å². The molecule has 5 rings (SSSR count). The molecule has 184 valence electrons. The molecule has 1 aromatic rings. The molecule has 2 saturated heterocycles. The van der Waals surface area contributed by atoms with Gasteiger partial charge in [0.1, 0.15) is 11.2 Å². The Bertz CT molecular complexity index is 1020. The molecule has 1 aromatic carbocycles. The Kier molecular flexibility index (Phi) is 5.58. The van der Waals surface area contributed by atoms with Gasteiger partial charge in [-0.05, 0) is 50.5 Å². The van der Waals surface area contributed by atoms with Crippen LogP contribution >= 0.6 is 0 Å². The average Bonchev–Trinajstić information content (AvgIpc) is 3.57. The lowest BCUT2D eigenvalue weighted by molar-refractivity contribution is -0.256. The van der Waals surface area contributed by atoms with E-state index in [-0.39, 0.29) is 29.1 Å². The highest BCUT2D eigenvalue weighted by Gasteiger charge is 2.83. The topological polar surface area (TPSA) is 85.4 Å². The highest BCUT2D eigenvalue weighted by atomic mass is 16.7. The number of carbonyl (C=O) groups is 2. The summed E-state index contributed by atoms with van der Waals surface area (Å²) in [6.07, 6.45) is 0.830. The number of epoxide rings is 1. The van der Waals surface area contributed by atoms with Crippen molar-refractivity contribution < 1.29 is 28.9 Å². The summed E-state index contributed by atoms with van der Waals surface area (Å²) < 4.78 is 18.6. The Hall–Kier alpha value is -2.02. The van der Waals surface area contributed by atoms with Crippen LogP contribution in [-0.2, 0) is 19.0 Å². The molecule has 2 aliphatic carbocycles. The van der Waals surface area contributed by atoms with Crippen molar-refractivity contribution in [2.45, 2.75) is 83.4 Å². The van der Waals surface area contributed by atoms with Gasteiger partial charge in [-0.2, -0.15) is 0 Å². The van der Waals surface area contributed by atoms with Gasteiger partial charge in [-0.1, -0.05) is 56.7 Å². The molecule has 1 N–H and O–H groups in total. The molecule has 8 atom stereocenters. The third kappa shape index (κ3) is 2.98. The first kappa shape index (κ1) is 23.7. The van der Waals surface area contributed by atoms with Gasteiger partial charge in [0.25, 0.3) is 6.47 Å². The molecule has 0 aromatic heterocycles. The first-order chi connectivity index (χ1) is 16.1. The van der Waals surface area contributed by atoms with Crippen molar-refractivity contribution in [2.75, 3.05) is 6.61 Å². The zero-order chi connectivity index (χ0) is 24.5. The first-order valence-electron chi connectivity index (χ1n) is 12.5. The molecular weight excluding hydrogens is 432 g/mol. The molecule has 34 heavy (non-hydrogen) atoms. The summed E-state index contributed by atoms with van der Waals surface area (Å²) in [6.45, 7) is 11.3. The SMILES string of the molecule is CC1=C(C(OC=O)C(=O)c2ccccc2)C2COC3(C)C(O)C(C(C)C)CC4OC43C2(C)CC1. The Labute approximate surface area is 201 Å². The Morgan fingerprint density at radius 2 is 1.94 bits per heavy atom. The minimum absolute atomic E-state index is 0.0102. The minimum atomic E-state index is -0.997. The van der Waals surface area contributed by atoms with Crippen LogP contribution in [0.2, 0.25) is 0 Å². The van der Waals surface area contributed by atoms with Crippen molar-refractivity contribution in [2.24, 2.45) is 23.2 Å². The van der Waals surface area contributed by atoms with E-state index in [2.05, 4.69) is 20.8 Å². The second-order valence-electron chi connectivity index (χ2n) is 11.4. The predicted molar refractivity (Wildman–Crippen MR) is 126 cm³/mol. The molecule has 0 bridgehead atoms. The van der Waals surface area contributed by atoms with E-state index >= 15 is 0 Å². The van der Waals surface area contributed by atoms with Gasteiger partial charge < -0.3 is 19.3 Å². The Morgan fingerprint density at radius 3 is 2.59 bits per heavy atom. The van der Waals surface area contributed by atoms with E-state index in [0.717, 1.165) is 30.4 Å². The smallest absolute Gasteiger partial charge is 0.294 e. The number of Topliss-reactive ketones (excluding diaryl/α,β-unsaturated/α-hetero) is 1. The van der Waals surface area contributed by atoms with Crippen molar-refractivity contribution in [3.8, 4) is 0 Å². The summed E-state index contributed by atoms with van der Waals surface area (Å²) in [5, 5.41) is 11.5. The molecule has 6 heteroatoms. The summed E-state index contributed by atoms with van der Waals surface area (Å²) in [7, 11) is 0. The lowest BCUT2D eigenvalue weighted by Gasteiger charge is -2.61. The highest BCUT2D eigenvalue weighted by Crippen LogP contribution is 2.72. The molecule has 3 fully saturated rings. The fourth-order valence-electron chi connectivity index (χ4n) is 7.62. The van der Waals surface area contributed by atoms with Crippen molar-refractivity contribution in [1.82, 2.24) is 0 Å². The fourth-order valence-corrected chi connectivity index (χ4v) is 7.62. The summed E-state index contributed by atoms with van der Waals surface area (Å²) in [5.74, 6) is 0.0479. The van der Waals surface area contributed by atoms with Crippen LogP contribution in [0.5, 0.6) is 0 Å². The Morgan fingerprint density at radius 1 is 1.24 bits per heavy atom. The van der Waals surface area contributed by atoms with Crippen molar-refractivity contribution in [3.05, 3.63) is 47.0 Å². The molecule has 4 aliphatic rings. The van der Waals surface area contributed by atoms with Crippen LogP contribution in [0.1, 0.15) is 64.2 Å². The maximum atomic E-state index is 13.5. The molecule has 0 amide bonds. The molecule has 0 radical (unpaired) electrons. The maximum absolute atomic E-state index is 13.5. The zero-order valence-electron chi connectivity index (χ0n) is 20.7. The van der Waals surface area contributed by atoms with Crippen molar-refractivity contribution in [1.29, 1.82) is 0 Å². The lowest BCUT2D eigenvalue weighted by atomic mass is 9.48. The zero-order valence-corrected chi connectivity index (χ0v) is 20.7. The summed E-state index contributed by atoms with van der Waals surface area (Å²) >= 11 is 0. The van der Waals surface area contributed by atoms with Gasteiger partial charge in [0.2, 0.25) is 5.78 Å². The molecular formula is C28H36O6. The number of aliphatic hydroxyl groups excluding tert-OH is 1. The van der Waals surface area contributed by atoms with E-state index in [4.69, 9.17) is 14.2 Å². The van der Waals surface area contributed by atoms with Crippen LogP contribution in [0, 0.1) is 23.2 Å². The van der Waals surface area contributed by atoms with Crippen LogP contribution in [0.4, 0.5) is 0 Å². The maximum Gasteiger partial charge on any atom is 0.294 e. The summed E-state index contributed by atoms with van der Waals surface area (Å²) in [6, 6.07) is 8.97. The van der Waals surface area contributed by atoms with E-state index in [9.17, 15) is 14.7 Å². The number of carbonyl (C=O) groups excluding carboxylic acids is 2. The summed E-state index contributed by atoms with van der Waals surface area (Å²) in [5.41, 5.74) is 0.605. The van der Waals surface area contributed by atoms with Gasteiger partial charge in [0.15, 0.2) is 6.10 Å². The van der Waals surface area contributed by atoms with Gasteiger partial charge in [-0.3, -0.25) is 9.59 Å². The van der Waals surface area contributed by atoms with Gasteiger partial charge in [-0.25, -0.2) is 0 Å². The second kappa shape index (κ2) is 8.00. The largest absolute Gasteiger partial charge is 0.452 e. The number of benzene rings is 1. The van der Waals surface area contributed by atoms with Gasteiger partial charge in [0.05, 0.1) is 18.8 Å². The highest BCUT2D eigenvalue weighted by molar-refractivity contribution is 6.02. The predicted octanol–water partition coefficient (Wildman–Crippen LogP) is 4.11. The lowest BCUT2D eigenvalue weighted by Crippen LogP contribution is -2.72. The van der Waals surface area contributed by atoms with Crippen LogP contribution in [0.3, 0.4) is 0 Å². The van der Waals surface area contributed by atoms with Gasteiger partial charge >= 0.3 is 0 Å². The first-order valence-corrected chi connectivity index (χ1v) is 12.5. The van der Waals surface area contributed by atoms with E-state index in [1.165, 1.54) is 0 Å². The second-order valence-corrected chi connectivity index (χ2v) is 11.4. The standard InChI is InChI=1S/C28H36O6/c1-16(2)19-13-21-28(34-21)26(4)12-11-17(3)22(20(26)14-33-27(28,5)25(19)31)24(32-15-29)23(30)18-9-7-6-8-10-18/h6-10,15-16,19-21,24-25,31H,11-14H2,1-5H3. The van der Waals surface area contributed by atoms with Crippen LogP contribution < -0.4 is 0 Å². The van der Waals surface area contributed by atoms with Gasteiger partial charge in [-0.15, -0.1) is 0 Å². The minimum Gasteiger partial charge on any atom is -0.452 e. The van der Waals surface area contributed by atoms with Crippen LogP contribution in [0.25, 0.3) is 0 Å². The van der Waals surface area contributed by atoms with Crippen molar-refractivity contribution >= 4 is 12.3 Å². The third-order valence-corrected chi connectivity index (χ3v) is 9.60.